The summed E-state index contributed by atoms with van der Waals surface area (Å²) >= 11 is 5.24. The molecule has 0 saturated heterocycles. The van der Waals surface area contributed by atoms with Crippen molar-refractivity contribution in [1.29, 1.82) is 0 Å². The van der Waals surface area contributed by atoms with Crippen LogP contribution in [0.15, 0.2) is 34.1 Å². The summed E-state index contributed by atoms with van der Waals surface area (Å²) in [6.45, 7) is 7.62. The molecule has 130 valence electrons. The summed E-state index contributed by atoms with van der Waals surface area (Å²) in [6, 6.07) is 9.92. The van der Waals surface area contributed by atoms with Crippen LogP contribution in [-0.4, -0.2) is 18.9 Å². The third-order valence-corrected chi connectivity index (χ3v) is 5.32. The summed E-state index contributed by atoms with van der Waals surface area (Å²) < 4.78 is 18.4. The van der Waals surface area contributed by atoms with Gasteiger partial charge >= 0.3 is 0 Å². The van der Waals surface area contributed by atoms with E-state index in [0.29, 0.717) is 5.75 Å². The van der Waals surface area contributed by atoms with E-state index in [1.54, 1.807) is 11.3 Å². The first-order valence-electron chi connectivity index (χ1n) is 7.98. The standard InChI is InChI=1S/C18H22BrNO3S/c1-18(2,3)20-10-9-12(15-7-8-16(19)24-15)23-14-6-4-5-13-17(14)22-11-21-13/h4-8,12,20H,9-11H2,1-3H3/t12-/m0/s1. The predicted molar refractivity (Wildman–Crippen MR) is 100 cm³/mol. The molecule has 4 nitrogen and oxygen atoms in total. The van der Waals surface area contributed by atoms with Gasteiger partial charge in [0, 0.05) is 16.8 Å². The largest absolute Gasteiger partial charge is 0.481 e. The number of ether oxygens (including phenoxy) is 3. The molecule has 0 radical (unpaired) electrons. The first-order chi connectivity index (χ1) is 11.4. The first-order valence-corrected chi connectivity index (χ1v) is 9.59. The highest BCUT2D eigenvalue weighted by atomic mass is 79.9. The zero-order chi connectivity index (χ0) is 17.2. The van der Waals surface area contributed by atoms with Crippen LogP contribution >= 0.6 is 27.3 Å². The van der Waals surface area contributed by atoms with Crippen molar-refractivity contribution in [2.75, 3.05) is 13.3 Å². The van der Waals surface area contributed by atoms with Crippen molar-refractivity contribution in [3.63, 3.8) is 0 Å². The fourth-order valence-corrected chi connectivity index (χ4v) is 3.98. The molecule has 3 rings (SSSR count). The molecule has 0 fully saturated rings. The first kappa shape index (κ1) is 17.6. The minimum Gasteiger partial charge on any atom is -0.481 e. The predicted octanol–water partition coefficient (Wildman–Crippen LogP) is 5.14. The van der Waals surface area contributed by atoms with Crippen LogP contribution in [0.5, 0.6) is 17.2 Å². The SMILES string of the molecule is CC(C)(C)NCC[C@H](Oc1cccc2c1OCO2)c1ccc(Br)s1. The van der Waals surface area contributed by atoms with Crippen molar-refractivity contribution in [2.24, 2.45) is 0 Å². The van der Waals surface area contributed by atoms with Crippen molar-refractivity contribution in [3.8, 4) is 17.2 Å². The fraction of sp³-hybridized carbons (Fsp3) is 0.444. The van der Waals surface area contributed by atoms with Crippen LogP contribution in [0.2, 0.25) is 0 Å². The third-order valence-electron chi connectivity index (χ3n) is 3.60. The molecule has 0 saturated carbocycles. The van der Waals surface area contributed by atoms with Crippen LogP contribution in [0.25, 0.3) is 0 Å². The van der Waals surface area contributed by atoms with E-state index in [1.807, 2.05) is 18.2 Å². The van der Waals surface area contributed by atoms with Gasteiger partial charge in [-0.1, -0.05) is 6.07 Å². The lowest BCUT2D eigenvalue weighted by molar-refractivity contribution is 0.158. The molecule has 24 heavy (non-hydrogen) atoms. The Morgan fingerprint density at radius 3 is 2.79 bits per heavy atom. The zero-order valence-corrected chi connectivity index (χ0v) is 16.5. The smallest absolute Gasteiger partial charge is 0.231 e. The maximum atomic E-state index is 6.32. The molecule has 1 aliphatic heterocycles. The van der Waals surface area contributed by atoms with Crippen molar-refractivity contribution in [2.45, 2.75) is 38.8 Å². The Kier molecular flexibility index (Phi) is 5.37. The average molecular weight is 412 g/mol. The maximum absolute atomic E-state index is 6.32. The van der Waals surface area contributed by atoms with Crippen LogP contribution in [0.3, 0.4) is 0 Å². The number of rotatable bonds is 6. The van der Waals surface area contributed by atoms with Crippen molar-refractivity contribution >= 4 is 27.3 Å². The van der Waals surface area contributed by atoms with E-state index in [4.69, 9.17) is 14.2 Å². The van der Waals surface area contributed by atoms with Crippen LogP contribution in [0.4, 0.5) is 0 Å². The van der Waals surface area contributed by atoms with Crippen LogP contribution in [0.1, 0.15) is 38.2 Å². The maximum Gasteiger partial charge on any atom is 0.231 e. The highest BCUT2D eigenvalue weighted by Crippen LogP contribution is 2.43. The van der Waals surface area contributed by atoms with E-state index in [2.05, 4.69) is 54.2 Å². The van der Waals surface area contributed by atoms with Crippen molar-refractivity contribution in [1.82, 2.24) is 5.32 Å². The summed E-state index contributed by atoms with van der Waals surface area (Å²) in [5, 5.41) is 3.52. The zero-order valence-electron chi connectivity index (χ0n) is 14.1. The van der Waals surface area contributed by atoms with Gasteiger partial charge in [0.15, 0.2) is 11.5 Å². The molecule has 2 heterocycles. The highest BCUT2D eigenvalue weighted by Gasteiger charge is 2.23. The molecule has 1 aliphatic rings. The molecular weight excluding hydrogens is 390 g/mol. The second-order valence-corrected chi connectivity index (χ2v) is 9.20. The molecule has 0 amide bonds. The van der Waals surface area contributed by atoms with E-state index in [9.17, 15) is 0 Å². The molecule has 1 atom stereocenters. The van der Waals surface area contributed by atoms with E-state index in [1.165, 1.54) is 4.88 Å². The van der Waals surface area contributed by atoms with Gasteiger partial charge < -0.3 is 19.5 Å². The number of benzene rings is 1. The third kappa shape index (κ3) is 4.43. The molecule has 0 spiro atoms. The monoisotopic (exact) mass is 411 g/mol. The minimum absolute atomic E-state index is 0.0353. The van der Waals surface area contributed by atoms with E-state index in [0.717, 1.165) is 28.3 Å². The van der Waals surface area contributed by atoms with Crippen LogP contribution < -0.4 is 19.5 Å². The Labute approximate surface area is 155 Å². The summed E-state index contributed by atoms with van der Waals surface area (Å²) in [5.41, 5.74) is 0.0888. The normalized spacial score (nSPS) is 14.7. The molecule has 0 bridgehead atoms. The van der Waals surface area contributed by atoms with Crippen LogP contribution in [0, 0.1) is 0 Å². The number of hydrogen-bond donors (Lipinski definition) is 1. The Balaban J connectivity index is 1.76. The number of thiophene rings is 1. The van der Waals surface area contributed by atoms with Crippen molar-refractivity contribution in [3.05, 3.63) is 39.0 Å². The molecule has 2 aromatic rings. The summed E-state index contributed by atoms with van der Waals surface area (Å²) in [7, 11) is 0. The van der Waals surface area contributed by atoms with Crippen LogP contribution in [-0.2, 0) is 0 Å². The van der Waals surface area contributed by atoms with Gasteiger partial charge in [-0.25, -0.2) is 0 Å². The van der Waals surface area contributed by atoms with E-state index in [-0.39, 0.29) is 18.4 Å². The molecular formula is C18H22BrNO3S. The quantitative estimate of drug-likeness (QED) is 0.714. The Hall–Kier alpha value is -1.24. The number of nitrogens with one attached hydrogen (secondary N) is 1. The van der Waals surface area contributed by atoms with Gasteiger partial charge in [-0.3, -0.25) is 0 Å². The number of para-hydroxylation sites is 1. The van der Waals surface area contributed by atoms with Gasteiger partial charge in [0.2, 0.25) is 12.5 Å². The Morgan fingerprint density at radius 1 is 1.25 bits per heavy atom. The molecule has 1 aromatic heterocycles. The molecule has 0 aliphatic carbocycles. The van der Waals surface area contributed by atoms with Gasteiger partial charge in [0.1, 0.15) is 6.10 Å². The lowest BCUT2D eigenvalue weighted by Gasteiger charge is -2.24. The van der Waals surface area contributed by atoms with Gasteiger partial charge in [0.25, 0.3) is 0 Å². The van der Waals surface area contributed by atoms with Crippen molar-refractivity contribution < 1.29 is 14.2 Å². The summed E-state index contributed by atoms with van der Waals surface area (Å²) in [4.78, 5) is 1.19. The summed E-state index contributed by atoms with van der Waals surface area (Å²) in [6.07, 6.45) is 0.834. The second kappa shape index (κ2) is 7.33. The van der Waals surface area contributed by atoms with Gasteiger partial charge in [0.05, 0.1) is 3.79 Å². The molecule has 1 aromatic carbocycles. The lowest BCUT2D eigenvalue weighted by atomic mass is 10.1. The van der Waals surface area contributed by atoms with Gasteiger partial charge in [-0.05, 0) is 67.5 Å². The number of fused-ring (bicyclic) bond motifs is 1. The average Bonchev–Trinajstić information content (AvgIpc) is 3.14. The van der Waals surface area contributed by atoms with Gasteiger partial charge in [-0.2, -0.15) is 0 Å². The van der Waals surface area contributed by atoms with E-state index < -0.39 is 0 Å². The Bertz CT molecular complexity index is 696. The highest BCUT2D eigenvalue weighted by molar-refractivity contribution is 9.11. The molecule has 6 heteroatoms. The molecule has 1 N–H and O–H groups in total. The number of halogens is 1. The lowest BCUT2D eigenvalue weighted by Crippen LogP contribution is -2.37. The Morgan fingerprint density at radius 2 is 2.08 bits per heavy atom. The fourth-order valence-electron chi connectivity index (χ4n) is 2.49. The van der Waals surface area contributed by atoms with E-state index >= 15 is 0 Å². The number of hydrogen-bond acceptors (Lipinski definition) is 5. The summed E-state index contributed by atoms with van der Waals surface area (Å²) in [5.74, 6) is 2.17. The second-order valence-electron chi connectivity index (χ2n) is 6.70. The molecule has 0 unspecified atom stereocenters. The topological polar surface area (TPSA) is 39.7 Å². The minimum atomic E-state index is -0.0353. The van der Waals surface area contributed by atoms with Gasteiger partial charge in [-0.15, -0.1) is 11.3 Å².